The first-order chi connectivity index (χ1) is 9.00. The Morgan fingerprint density at radius 2 is 2.21 bits per heavy atom. The van der Waals surface area contributed by atoms with E-state index in [0.717, 1.165) is 25.4 Å². The molecule has 0 spiro atoms. The Bertz CT molecular complexity index is 407. The molecule has 0 aliphatic carbocycles. The van der Waals surface area contributed by atoms with Gasteiger partial charge in [-0.3, -0.25) is 4.79 Å². The summed E-state index contributed by atoms with van der Waals surface area (Å²) in [4.78, 5) is 10.6. The van der Waals surface area contributed by atoms with Gasteiger partial charge in [-0.15, -0.1) is 10.2 Å². The molecule has 0 radical (unpaired) electrons. The fraction of sp³-hybridized carbons (Fsp3) is 0.750. The van der Waals surface area contributed by atoms with Crippen LogP contribution in [0.4, 0.5) is 0 Å². The van der Waals surface area contributed by atoms with Crippen LogP contribution in [0.3, 0.4) is 0 Å². The number of aliphatic carboxylic acids is 1. The molecule has 1 aromatic heterocycles. The van der Waals surface area contributed by atoms with E-state index in [4.69, 9.17) is 9.84 Å². The molecule has 0 aromatic carbocycles. The summed E-state index contributed by atoms with van der Waals surface area (Å²) in [5.41, 5.74) is 0. The predicted octanol–water partition coefficient (Wildman–Crippen LogP) is 1.83. The van der Waals surface area contributed by atoms with Crippen LogP contribution in [0, 0.1) is 12.8 Å². The molecule has 0 saturated heterocycles. The van der Waals surface area contributed by atoms with Crippen LogP contribution in [0.25, 0.3) is 0 Å². The SMILES string of the molecule is Cc1nnc(SCC(=O)O)n1CCCOCC(C)C. The van der Waals surface area contributed by atoms with Gasteiger partial charge >= 0.3 is 5.97 Å². The van der Waals surface area contributed by atoms with Gasteiger partial charge in [0.1, 0.15) is 5.82 Å². The van der Waals surface area contributed by atoms with Crippen LogP contribution in [0.15, 0.2) is 5.16 Å². The first kappa shape index (κ1) is 16.0. The molecule has 0 amide bonds. The standard InChI is InChI=1S/C12H21N3O3S/c1-9(2)7-18-6-4-5-15-10(3)13-14-12(15)19-8-11(16)17/h9H,4-8H2,1-3H3,(H,16,17). The molecule has 0 fully saturated rings. The molecule has 0 bridgehead atoms. The Morgan fingerprint density at radius 1 is 1.47 bits per heavy atom. The summed E-state index contributed by atoms with van der Waals surface area (Å²) < 4.78 is 7.45. The number of ether oxygens (including phenoxy) is 1. The lowest BCUT2D eigenvalue weighted by molar-refractivity contribution is -0.133. The monoisotopic (exact) mass is 287 g/mol. The number of hydrogen-bond donors (Lipinski definition) is 1. The summed E-state index contributed by atoms with van der Waals surface area (Å²) in [5, 5.41) is 17.3. The maximum atomic E-state index is 10.6. The van der Waals surface area contributed by atoms with Crippen molar-refractivity contribution in [2.45, 2.75) is 38.9 Å². The molecule has 1 rings (SSSR count). The van der Waals surface area contributed by atoms with Crippen molar-refractivity contribution in [3.63, 3.8) is 0 Å². The van der Waals surface area contributed by atoms with Gasteiger partial charge in [-0.25, -0.2) is 0 Å². The van der Waals surface area contributed by atoms with Gasteiger partial charge in [0.2, 0.25) is 0 Å². The van der Waals surface area contributed by atoms with Gasteiger partial charge in [-0.2, -0.15) is 0 Å². The maximum Gasteiger partial charge on any atom is 0.313 e. The summed E-state index contributed by atoms with van der Waals surface area (Å²) in [7, 11) is 0. The van der Waals surface area contributed by atoms with Gasteiger partial charge in [-0.1, -0.05) is 25.6 Å². The molecule has 7 heteroatoms. The van der Waals surface area contributed by atoms with E-state index in [-0.39, 0.29) is 5.75 Å². The van der Waals surface area contributed by atoms with E-state index in [0.29, 0.717) is 17.7 Å². The average molecular weight is 287 g/mol. The van der Waals surface area contributed by atoms with Gasteiger partial charge in [0.25, 0.3) is 0 Å². The first-order valence-electron chi connectivity index (χ1n) is 6.33. The Labute approximate surface area is 117 Å². The lowest BCUT2D eigenvalue weighted by Gasteiger charge is -2.09. The second-order valence-corrected chi connectivity index (χ2v) is 5.63. The number of aromatic nitrogens is 3. The van der Waals surface area contributed by atoms with Crippen molar-refractivity contribution in [2.75, 3.05) is 19.0 Å². The molecule has 0 aliphatic heterocycles. The summed E-state index contributed by atoms with van der Waals surface area (Å²) >= 11 is 1.19. The Kier molecular flexibility index (Phi) is 6.86. The summed E-state index contributed by atoms with van der Waals surface area (Å²) in [6.45, 7) is 8.31. The largest absolute Gasteiger partial charge is 0.481 e. The van der Waals surface area contributed by atoms with Crippen LogP contribution >= 0.6 is 11.8 Å². The molecule has 1 heterocycles. The maximum absolute atomic E-state index is 10.6. The van der Waals surface area contributed by atoms with Gasteiger partial charge in [0, 0.05) is 19.8 Å². The zero-order chi connectivity index (χ0) is 14.3. The number of thioether (sulfide) groups is 1. The van der Waals surface area contributed by atoms with Crippen LogP contribution in [-0.2, 0) is 16.1 Å². The van der Waals surface area contributed by atoms with Crippen LogP contribution in [0.1, 0.15) is 26.1 Å². The van der Waals surface area contributed by atoms with Gasteiger partial charge < -0.3 is 14.4 Å². The molecular weight excluding hydrogens is 266 g/mol. The van der Waals surface area contributed by atoms with Crippen molar-refractivity contribution in [1.82, 2.24) is 14.8 Å². The van der Waals surface area contributed by atoms with Gasteiger partial charge in [0.15, 0.2) is 5.16 Å². The lowest BCUT2D eigenvalue weighted by atomic mass is 10.2. The fourth-order valence-corrected chi connectivity index (χ4v) is 2.23. The number of carboxylic acid groups (broad SMARTS) is 1. The van der Waals surface area contributed by atoms with Crippen LogP contribution in [-0.4, -0.2) is 44.8 Å². The highest BCUT2D eigenvalue weighted by atomic mass is 32.2. The number of nitrogens with zero attached hydrogens (tertiary/aromatic N) is 3. The second-order valence-electron chi connectivity index (χ2n) is 4.69. The molecule has 0 atom stereocenters. The average Bonchev–Trinajstić information content (AvgIpc) is 2.67. The summed E-state index contributed by atoms with van der Waals surface area (Å²) in [5.74, 6) is 0.495. The number of hydrogen-bond acceptors (Lipinski definition) is 5. The smallest absolute Gasteiger partial charge is 0.313 e. The van der Waals surface area contributed by atoms with Crippen LogP contribution < -0.4 is 0 Å². The van der Waals surface area contributed by atoms with E-state index in [1.54, 1.807) is 0 Å². The number of carbonyl (C=O) groups is 1. The molecule has 1 N–H and O–H groups in total. The Hall–Kier alpha value is -1.08. The molecule has 0 aliphatic rings. The third kappa shape index (κ3) is 6.07. The second kappa shape index (κ2) is 8.16. The summed E-state index contributed by atoms with van der Waals surface area (Å²) in [6.07, 6.45) is 0.867. The molecule has 6 nitrogen and oxygen atoms in total. The van der Waals surface area contributed by atoms with Crippen molar-refractivity contribution in [2.24, 2.45) is 5.92 Å². The fourth-order valence-electron chi connectivity index (χ4n) is 1.50. The van der Waals surface area contributed by atoms with Crippen LogP contribution in [0.5, 0.6) is 0 Å². The first-order valence-corrected chi connectivity index (χ1v) is 7.31. The molecule has 108 valence electrons. The Balaban J connectivity index is 2.39. The molecule has 1 aromatic rings. The minimum absolute atomic E-state index is 0.00197. The number of carboxylic acids is 1. The van der Waals surface area contributed by atoms with E-state index < -0.39 is 5.97 Å². The molecule has 0 unspecified atom stereocenters. The topological polar surface area (TPSA) is 77.2 Å². The molecule has 0 saturated carbocycles. The molecular formula is C12H21N3O3S. The minimum atomic E-state index is -0.850. The zero-order valence-corrected chi connectivity index (χ0v) is 12.4. The van der Waals surface area contributed by atoms with E-state index in [1.807, 2.05) is 11.5 Å². The quantitative estimate of drug-likeness (QED) is 0.551. The highest BCUT2D eigenvalue weighted by Gasteiger charge is 2.10. The number of aryl methyl sites for hydroxylation is 1. The minimum Gasteiger partial charge on any atom is -0.481 e. The van der Waals surface area contributed by atoms with Gasteiger partial charge in [0.05, 0.1) is 5.75 Å². The zero-order valence-electron chi connectivity index (χ0n) is 11.6. The van der Waals surface area contributed by atoms with Gasteiger partial charge in [-0.05, 0) is 19.3 Å². The normalized spacial score (nSPS) is 11.2. The number of rotatable bonds is 9. The van der Waals surface area contributed by atoms with Crippen molar-refractivity contribution in [1.29, 1.82) is 0 Å². The van der Waals surface area contributed by atoms with Crippen molar-refractivity contribution in [3.8, 4) is 0 Å². The van der Waals surface area contributed by atoms with E-state index in [9.17, 15) is 4.79 Å². The predicted molar refractivity (Wildman–Crippen MR) is 73.4 cm³/mol. The Morgan fingerprint density at radius 3 is 2.84 bits per heavy atom. The summed E-state index contributed by atoms with van der Waals surface area (Å²) in [6, 6.07) is 0. The third-order valence-electron chi connectivity index (χ3n) is 2.35. The molecule has 19 heavy (non-hydrogen) atoms. The van der Waals surface area contributed by atoms with Crippen molar-refractivity contribution in [3.05, 3.63) is 5.82 Å². The van der Waals surface area contributed by atoms with Crippen molar-refractivity contribution >= 4 is 17.7 Å². The van der Waals surface area contributed by atoms with E-state index >= 15 is 0 Å². The lowest BCUT2D eigenvalue weighted by Crippen LogP contribution is -2.09. The van der Waals surface area contributed by atoms with Crippen LogP contribution in [0.2, 0.25) is 0 Å². The van der Waals surface area contributed by atoms with E-state index in [2.05, 4.69) is 24.0 Å². The van der Waals surface area contributed by atoms with Crippen molar-refractivity contribution < 1.29 is 14.6 Å². The highest BCUT2D eigenvalue weighted by Crippen LogP contribution is 2.16. The van der Waals surface area contributed by atoms with E-state index in [1.165, 1.54) is 11.8 Å². The third-order valence-corrected chi connectivity index (χ3v) is 3.30. The highest BCUT2D eigenvalue weighted by molar-refractivity contribution is 7.99.